The molecule has 634 valence electrons. The van der Waals surface area contributed by atoms with Crippen molar-refractivity contribution in [2.45, 2.75) is 116 Å². The summed E-state index contributed by atoms with van der Waals surface area (Å²) in [4.78, 5) is 2.37. The third-order valence-corrected chi connectivity index (χ3v) is 30.0. The molecule has 1 N–H and O–H groups in total. The monoisotopic (exact) mass is 1750 g/mol. The summed E-state index contributed by atoms with van der Waals surface area (Å²) in [7, 11) is 0. The molecule has 4 nitrogen and oxygen atoms in total. The lowest BCUT2D eigenvalue weighted by molar-refractivity contribution is 0.419. The minimum atomic E-state index is -0.183. The molecule has 17 aromatic rings. The zero-order valence-corrected chi connectivity index (χ0v) is 77.8. The number of ether oxygens (including phenoxy) is 2. The van der Waals surface area contributed by atoms with Crippen molar-refractivity contribution in [3.8, 4) is 123 Å². The number of nitrogens with one attached hydrogen (secondary N) is 1. The molecule has 17 aromatic carbocycles. The zero-order valence-electron chi connectivity index (χ0n) is 76.2. The highest BCUT2D eigenvalue weighted by Gasteiger charge is 2.44. The molecule has 5 heteroatoms. The third-order valence-electron chi connectivity index (χ3n) is 29.4. The van der Waals surface area contributed by atoms with Crippen LogP contribution in [0.1, 0.15) is 150 Å². The van der Waals surface area contributed by atoms with Gasteiger partial charge < -0.3 is 19.7 Å². The molecule has 0 bridgehead atoms. The molecule has 0 spiro atoms. The quantitative estimate of drug-likeness (QED) is 0.131. The van der Waals surface area contributed by atoms with Crippen molar-refractivity contribution in [3.63, 3.8) is 0 Å². The Balaban J connectivity index is 0.000000130. The topological polar surface area (TPSA) is 33.7 Å². The van der Waals surface area contributed by atoms with Crippen molar-refractivity contribution in [2.75, 3.05) is 10.2 Å². The average molecular weight is 1760 g/mol. The van der Waals surface area contributed by atoms with Gasteiger partial charge in [-0.15, -0.1) is 0 Å². The van der Waals surface area contributed by atoms with E-state index in [-0.39, 0.29) is 32.5 Å². The second kappa shape index (κ2) is 31.5. The summed E-state index contributed by atoms with van der Waals surface area (Å²) in [5.41, 5.74) is 46.2. The Bertz CT molecular complexity index is 7410. The first-order valence-electron chi connectivity index (χ1n) is 45.9. The van der Waals surface area contributed by atoms with Gasteiger partial charge in [0.25, 0.3) is 0 Å². The van der Waals surface area contributed by atoms with Gasteiger partial charge in [-0.25, -0.2) is 0 Å². The highest BCUT2D eigenvalue weighted by molar-refractivity contribution is 9.10. The molecule has 0 radical (unpaired) electrons. The van der Waals surface area contributed by atoms with Gasteiger partial charge in [0.05, 0.1) is 22.6 Å². The van der Waals surface area contributed by atoms with Crippen molar-refractivity contribution < 1.29 is 9.47 Å². The molecule has 0 aromatic heterocycles. The maximum atomic E-state index is 6.70. The van der Waals surface area contributed by atoms with E-state index < -0.39 is 0 Å². The maximum Gasteiger partial charge on any atom is 0.139 e. The van der Waals surface area contributed by atoms with Gasteiger partial charge in [0.1, 0.15) is 35.2 Å². The Hall–Kier alpha value is -14.5. The molecule has 0 saturated carbocycles. The number of nitrogens with zero attached hydrogens (tertiary/aromatic N) is 1. The van der Waals surface area contributed by atoms with Gasteiger partial charge in [0, 0.05) is 105 Å². The Morgan fingerprint density at radius 2 is 0.527 bits per heavy atom. The van der Waals surface area contributed by atoms with Crippen LogP contribution >= 0.6 is 15.9 Å². The normalized spacial score (nSPS) is 15.4. The Morgan fingerprint density at radius 1 is 0.244 bits per heavy atom. The van der Waals surface area contributed by atoms with Crippen molar-refractivity contribution in [1.29, 1.82) is 0 Å². The molecule has 0 amide bonds. The van der Waals surface area contributed by atoms with E-state index in [2.05, 4.69) is 498 Å². The van der Waals surface area contributed by atoms with Crippen LogP contribution in [0.15, 0.2) is 404 Å². The summed E-state index contributed by atoms with van der Waals surface area (Å²) in [6.45, 7) is 27.8. The van der Waals surface area contributed by atoms with Gasteiger partial charge in [0.2, 0.25) is 0 Å². The molecule has 131 heavy (non-hydrogen) atoms. The standard InChI is InChI=1S/C63H51NO.C42H34N.C21H17BrO/c1-61(2)53-17-9-7-14-49(53)51-36-28-43(38-57(51)61)40-22-30-45(31-23-40)64(46-32-24-41(25-33-46)44-29-37-52-50-15-8-10-18-54(50)62(3,4)58(52)39-44)47-34-26-42(27-35-47)48-16-13-20-56-60(48)65-59-21-12-11-19-55(59)63(56,5)6;1-41(2)37-11-7-5-9-33(37)35-23-17-29(25-39(35)41)27-13-19-31(20-14-27)43-32-21-15-28(16-22-32)30-18-24-36-34-10-6-8-12-38(34)42(3,4)40(36)26-30;1-21(2)17-7-3-4-9-19(17)23-20-16(6-5-8-18(20)21)14-10-12-15(22)13-11-14/h7-39H,1-6H3;5-7,9-26,43H,1-4H3;3-13H,1-2H3/q;+1;. The van der Waals surface area contributed by atoms with Gasteiger partial charge in [0.15, 0.2) is 0 Å². The van der Waals surface area contributed by atoms with E-state index in [0.717, 1.165) is 72.6 Å². The minimum Gasteiger partial charge on any atom is -0.456 e. The molecule has 5 aliphatic carbocycles. The lowest BCUT2D eigenvalue weighted by Crippen LogP contribution is -2.24. The van der Waals surface area contributed by atoms with Gasteiger partial charge in [-0.2, -0.15) is 0 Å². The van der Waals surface area contributed by atoms with Crippen LogP contribution in [-0.4, -0.2) is 0 Å². The fourth-order valence-corrected chi connectivity index (χ4v) is 22.2. The van der Waals surface area contributed by atoms with Crippen LogP contribution in [0.25, 0.3) is 106 Å². The number of para-hydroxylation sites is 4. The molecule has 0 atom stereocenters. The van der Waals surface area contributed by atoms with Gasteiger partial charge >= 0.3 is 0 Å². The van der Waals surface area contributed by atoms with Crippen molar-refractivity contribution in [3.05, 3.63) is 477 Å². The molecule has 0 saturated heterocycles. The van der Waals surface area contributed by atoms with E-state index in [0.29, 0.717) is 0 Å². The molecule has 24 rings (SSSR count). The summed E-state index contributed by atoms with van der Waals surface area (Å²) in [6.07, 6.45) is 9.63. The zero-order chi connectivity index (χ0) is 89.6. The predicted molar refractivity (Wildman–Crippen MR) is 551 cm³/mol. The van der Waals surface area contributed by atoms with Crippen LogP contribution in [-0.2, 0) is 32.5 Å². The number of anilines is 5. The summed E-state index contributed by atoms with van der Waals surface area (Å²) in [6, 6.07) is 137. The van der Waals surface area contributed by atoms with Crippen molar-refractivity contribution in [2.24, 2.45) is 0 Å². The Kier molecular flexibility index (Phi) is 19.7. The fourth-order valence-electron chi connectivity index (χ4n) is 22.0. The molecular formula is C126H102BrN2O2+. The van der Waals surface area contributed by atoms with Crippen molar-refractivity contribution in [1.82, 2.24) is 0 Å². The number of rotatable bonds is 11. The van der Waals surface area contributed by atoms with E-state index >= 15 is 0 Å². The Labute approximate surface area is 779 Å². The third kappa shape index (κ3) is 13.9. The summed E-state index contributed by atoms with van der Waals surface area (Å²) in [5.74, 6) is 3.78. The molecule has 2 aliphatic heterocycles. The maximum absolute atomic E-state index is 6.70. The number of hydrogen-bond donors (Lipinski definition) is 1. The SMILES string of the molecule is CC1(C)C2=C(C=C[C+]=C2)c2ccc(-c3ccc(Nc4ccc(-c5ccc6c(c5)C(C)(C)c5ccccc5-6)cc4)cc3)cc21.CC1(C)c2ccccc2-c2ccc(-c3ccc(N(c4ccc(-c5ccc6c(c5)C(C)(C)c5ccccc5-6)cc4)c4ccc(-c5cccc6c5Oc5ccccc5C6(C)C)cc4)cc3)cc21.CC1(C)c2ccccc2Oc2c(-c3ccc(Br)cc3)cccc21. The lowest BCUT2D eigenvalue weighted by atomic mass is 9.75. The van der Waals surface area contributed by atoms with Crippen LogP contribution in [0, 0.1) is 6.08 Å². The van der Waals surface area contributed by atoms with Crippen LogP contribution in [0.2, 0.25) is 0 Å². The van der Waals surface area contributed by atoms with Crippen LogP contribution in [0.4, 0.5) is 28.4 Å². The van der Waals surface area contributed by atoms with Crippen LogP contribution in [0.5, 0.6) is 23.0 Å². The molecular weight excluding hydrogens is 1650 g/mol. The number of allylic oxidation sites excluding steroid dienone is 6. The van der Waals surface area contributed by atoms with E-state index in [4.69, 9.17) is 9.47 Å². The van der Waals surface area contributed by atoms with E-state index in [1.807, 2.05) is 12.1 Å². The number of fused-ring (bicyclic) bond motifs is 15. The highest BCUT2D eigenvalue weighted by Crippen LogP contribution is 2.58. The summed E-state index contributed by atoms with van der Waals surface area (Å²) < 4.78 is 14.1. The molecule has 0 unspecified atom stereocenters. The smallest absolute Gasteiger partial charge is 0.139 e. The molecule has 2 heterocycles. The number of halogens is 1. The van der Waals surface area contributed by atoms with E-state index in [1.165, 1.54) is 161 Å². The van der Waals surface area contributed by atoms with E-state index in [1.54, 1.807) is 0 Å². The van der Waals surface area contributed by atoms with Crippen molar-refractivity contribution >= 4 is 49.9 Å². The minimum absolute atomic E-state index is 0.00926. The number of hydrogen-bond acceptors (Lipinski definition) is 4. The lowest BCUT2D eigenvalue weighted by Gasteiger charge is -2.35. The summed E-state index contributed by atoms with van der Waals surface area (Å²) >= 11 is 3.50. The first kappa shape index (κ1) is 82.2. The van der Waals surface area contributed by atoms with Crippen LogP contribution in [0.3, 0.4) is 0 Å². The average Bonchev–Trinajstić information content (AvgIpc) is 1.55. The fraction of sp³-hybridized carbons (Fsp3) is 0.143. The van der Waals surface area contributed by atoms with Gasteiger partial charge in [-0.1, -0.05) is 352 Å². The van der Waals surface area contributed by atoms with Crippen LogP contribution < -0.4 is 19.7 Å². The predicted octanol–water partition coefficient (Wildman–Crippen LogP) is 34.8. The second-order valence-corrected chi connectivity index (χ2v) is 40.1. The largest absolute Gasteiger partial charge is 0.456 e. The first-order chi connectivity index (χ1) is 63.4. The molecule has 0 fully saturated rings. The second-order valence-electron chi connectivity index (χ2n) is 39.2. The first-order valence-corrected chi connectivity index (χ1v) is 46.7. The van der Waals surface area contributed by atoms with Gasteiger partial charge in [-0.3, -0.25) is 0 Å². The highest BCUT2D eigenvalue weighted by atomic mass is 79.9. The van der Waals surface area contributed by atoms with E-state index in [9.17, 15) is 0 Å². The summed E-state index contributed by atoms with van der Waals surface area (Å²) in [5, 5.41) is 3.59. The Morgan fingerprint density at radius 3 is 0.908 bits per heavy atom. The molecule has 7 aliphatic rings. The number of benzene rings is 17. The van der Waals surface area contributed by atoms with Gasteiger partial charge in [-0.05, 0) is 251 Å².